The van der Waals surface area contributed by atoms with Gasteiger partial charge in [-0.15, -0.1) is 22.7 Å². The molecule has 2 aromatic rings. The third kappa shape index (κ3) is 3.98. The lowest BCUT2D eigenvalue weighted by molar-refractivity contribution is 0.0539. The highest BCUT2D eigenvalue weighted by Gasteiger charge is 2.34. The Labute approximate surface area is 178 Å². The minimum Gasteiger partial charge on any atom is -0.334 e. The molecule has 2 aromatic heterocycles. The maximum absolute atomic E-state index is 13.0. The molecule has 2 aliphatic heterocycles. The van der Waals surface area contributed by atoms with Crippen molar-refractivity contribution in [2.24, 2.45) is 0 Å². The van der Waals surface area contributed by atoms with E-state index in [0.717, 1.165) is 17.7 Å². The summed E-state index contributed by atoms with van der Waals surface area (Å²) in [6, 6.07) is 5.29. The van der Waals surface area contributed by atoms with E-state index >= 15 is 0 Å². The average molecular weight is 454 g/mol. The third-order valence-electron chi connectivity index (χ3n) is 5.31. The van der Waals surface area contributed by atoms with Crippen molar-refractivity contribution < 1.29 is 18.0 Å². The van der Waals surface area contributed by atoms with Crippen molar-refractivity contribution in [1.29, 1.82) is 0 Å². The Morgan fingerprint density at radius 1 is 0.897 bits per heavy atom. The molecular formula is C19H23N3O4S3. The zero-order valence-corrected chi connectivity index (χ0v) is 18.6. The highest BCUT2D eigenvalue weighted by Crippen LogP contribution is 2.29. The second kappa shape index (κ2) is 8.17. The first-order valence-electron chi connectivity index (χ1n) is 9.60. The zero-order valence-electron chi connectivity index (χ0n) is 16.2. The molecule has 2 amide bonds. The molecule has 0 aromatic carbocycles. The van der Waals surface area contributed by atoms with Crippen LogP contribution < -0.4 is 0 Å². The first-order valence-corrected chi connectivity index (χ1v) is 12.7. The number of rotatable bonds is 4. The van der Waals surface area contributed by atoms with Crippen LogP contribution in [0.15, 0.2) is 28.5 Å². The smallest absolute Gasteiger partial charge is 0.265 e. The number of hydrogen-bond donors (Lipinski definition) is 0. The summed E-state index contributed by atoms with van der Waals surface area (Å²) in [6.45, 7) is 4.67. The number of carbonyl (C=O) groups excluding carboxylic acids is 2. The number of aryl methyl sites for hydroxylation is 1. The minimum absolute atomic E-state index is 0.0105. The minimum atomic E-state index is -3.63. The van der Waals surface area contributed by atoms with Gasteiger partial charge in [0.15, 0.2) is 0 Å². The largest absolute Gasteiger partial charge is 0.334 e. The maximum Gasteiger partial charge on any atom is 0.265 e. The van der Waals surface area contributed by atoms with Crippen LogP contribution in [0.4, 0.5) is 0 Å². The number of hydrogen-bond acceptors (Lipinski definition) is 6. The van der Waals surface area contributed by atoms with Crippen molar-refractivity contribution in [3.63, 3.8) is 0 Å². The van der Waals surface area contributed by atoms with Crippen molar-refractivity contribution >= 4 is 44.5 Å². The summed E-state index contributed by atoms with van der Waals surface area (Å²) in [5.41, 5.74) is 0. The van der Waals surface area contributed by atoms with Gasteiger partial charge < -0.3 is 9.80 Å². The SMILES string of the molecule is Cc1ccc(C(=O)N2CCN(C(=O)c3sccc3S(=O)(=O)N3CCCC3)CC2)s1. The topological polar surface area (TPSA) is 78.0 Å². The van der Waals surface area contributed by atoms with Gasteiger partial charge in [0, 0.05) is 44.1 Å². The number of nitrogens with zero attached hydrogens (tertiary/aromatic N) is 3. The number of sulfonamides is 1. The second-order valence-electron chi connectivity index (χ2n) is 7.22. The van der Waals surface area contributed by atoms with Crippen LogP contribution >= 0.6 is 22.7 Å². The molecule has 0 bridgehead atoms. The fourth-order valence-electron chi connectivity index (χ4n) is 3.69. The standard InChI is InChI=1S/C19H23N3O4S3/c1-14-4-5-15(28-14)18(23)20-9-11-21(12-10-20)19(24)17-16(6-13-27-17)29(25,26)22-7-2-3-8-22/h4-6,13H,2-3,7-12H2,1H3. The summed E-state index contributed by atoms with van der Waals surface area (Å²) in [5.74, 6) is -0.277. The average Bonchev–Trinajstić information content (AvgIpc) is 3.48. The van der Waals surface area contributed by atoms with E-state index in [1.165, 1.54) is 33.0 Å². The molecule has 0 unspecified atom stereocenters. The molecule has 2 saturated heterocycles. The Morgan fingerprint density at radius 3 is 2.10 bits per heavy atom. The number of thiophene rings is 2. The summed E-state index contributed by atoms with van der Waals surface area (Å²) in [5, 5.41) is 1.66. The van der Waals surface area contributed by atoms with Crippen LogP contribution in [0.2, 0.25) is 0 Å². The van der Waals surface area contributed by atoms with Crippen molar-refractivity contribution in [2.45, 2.75) is 24.7 Å². The van der Waals surface area contributed by atoms with Gasteiger partial charge in [0.25, 0.3) is 11.8 Å². The number of carbonyl (C=O) groups is 2. The molecule has 7 nitrogen and oxygen atoms in total. The number of piperazine rings is 1. The molecule has 0 N–H and O–H groups in total. The van der Waals surface area contributed by atoms with Crippen molar-refractivity contribution in [3.05, 3.63) is 38.2 Å². The normalized spacial score (nSPS) is 18.4. The zero-order chi connectivity index (χ0) is 20.6. The molecule has 4 heterocycles. The second-order valence-corrected chi connectivity index (χ2v) is 11.3. The third-order valence-corrected chi connectivity index (χ3v) is 9.27. The van der Waals surface area contributed by atoms with Crippen LogP contribution in [0, 0.1) is 6.92 Å². The highest BCUT2D eigenvalue weighted by molar-refractivity contribution is 7.89. The molecule has 29 heavy (non-hydrogen) atoms. The van der Waals surface area contributed by atoms with Gasteiger partial charge in [0.1, 0.15) is 9.77 Å². The van der Waals surface area contributed by atoms with E-state index in [1.54, 1.807) is 15.2 Å². The van der Waals surface area contributed by atoms with E-state index in [-0.39, 0.29) is 21.6 Å². The van der Waals surface area contributed by atoms with Gasteiger partial charge >= 0.3 is 0 Å². The summed E-state index contributed by atoms with van der Waals surface area (Å²) in [4.78, 5) is 31.2. The van der Waals surface area contributed by atoms with Gasteiger partial charge in [-0.3, -0.25) is 9.59 Å². The Hall–Kier alpha value is -1.75. The van der Waals surface area contributed by atoms with Crippen LogP contribution in [-0.2, 0) is 10.0 Å². The van der Waals surface area contributed by atoms with E-state index in [0.29, 0.717) is 44.1 Å². The van der Waals surface area contributed by atoms with E-state index in [9.17, 15) is 18.0 Å². The molecule has 0 spiro atoms. The lowest BCUT2D eigenvalue weighted by Crippen LogP contribution is -2.50. The van der Waals surface area contributed by atoms with Crippen LogP contribution in [-0.4, -0.2) is 73.6 Å². The summed E-state index contributed by atoms with van der Waals surface area (Å²) in [7, 11) is -3.63. The Bertz CT molecular complexity index is 1010. The van der Waals surface area contributed by atoms with E-state index in [4.69, 9.17) is 0 Å². The number of amides is 2. The molecule has 10 heteroatoms. The van der Waals surface area contributed by atoms with E-state index in [1.807, 2.05) is 19.1 Å². The quantitative estimate of drug-likeness (QED) is 0.713. The molecule has 0 atom stereocenters. The summed E-state index contributed by atoms with van der Waals surface area (Å²) in [6.07, 6.45) is 1.71. The van der Waals surface area contributed by atoms with Gasteiger partial charge in [0.2, 0.25) is 10.0 Å². The summed E-state index contributed by atoms with van der Waals surface area (Å²) < 4.78 is 27.3. The fraction of sp³-hybridized carbons (Fsp3) is 0.474. The molecule has 0 radical (unpaired) electrons. The van der Waals surface area contributed by atoms with Gasteiger partial charge in [-0.1, -0.05) is 0 Å². The van der Waals surface area contributed by atoms with Crippen molar-refractivity contribution in [3.8, 4) is 0 Å². The molecule has 0 saturated carbocycles. The summed E-state index contributed by atoms with van der Waals surface area (Å²) >= 11 is 2.64. The van der Waals surface area contributed by atoms with Gasteiger partial charge in [0.05, 0.1) is 4.88 Å². The Balaban J connectivity index is 1.44. The van der Waals surface area contributed by atoms with E-state index < -0.39 is 10.0 Å². The first kappa shape index (κ1) is 20.5. The molecular weight excluding hydrogens is 430 g/mol. The molecule has 4 rings (SSSR count). The lowest BCUT2D eigenvalue weighted by atomic mass is 10.2. The predicted octanol–water partition coefficient (Wildman–Crippen LogP) is 2.50. The van der Waals surface area contributed by atoms with E-state index in [2.05, 4.69) is 0 Å². The monoisotopic (exact) mass is 453 g/mol. The lowest BCUT2D eigenvalue weighted by Gasteiger charge is -2.34. The van der Waals surface area contributed by atoms with Crippen LogP contribution in [0.5, 0.6) is 0 Å². The molecule has 156 valence electrons. The van der Waals surface area contributed by atoms with Gasteiger partial charge in [-0.05, 0) is 43.3 Å². The van der Waals surface area contributed by atoms with Crippen LogP contribution in [0.3, 0.4) is 0 Å². The van der Waals surface area contributed by atoms with Crippen molar-refractivity contribution in [1.82, 2.24) is 14.1 Å². The van der Waals surface area contributed by atoms with Gasteiger partial charge in [-0.2, -0.15) is 4.31 Å². The predicted molar refractivity (Wildman–Crippen MR) is 113 cm³/mol. The Morgan fingerprint density at radius 2 is 1.52 bits per heavy atom. The highest BCUT2D eigenvalue weighted by atomic mass is 32.2. The first-order chi connectivity index (χ1) is 13.9. The van der Waals surface area contributed by atoms with Gasteiger partial charge in [-0.25, -0.2) is 8.42 Å². The molecule has 2 aliphatic rings. The fourth-order valence-corrected chi connectivity index (χ4v) is 7.40. The van der Waals surface area contributed by atoms with Crippen LogP contribution in [0.1, 0.15) is 37.1 Å². The maximum atomic E-state index is 13.0. The Kier molecular flexibility index (Phi) is 5.78. The molecule has 2 fully saturated rings. The van der Waals surface area contributed by atoms with Crippen molar-refractivity contribution in [2.75, 3.05) is 39.3 Å². The molecule has 0 aliphatic carbocycles. The van der Waals surface area contributed by atoms with Crippen LogP contribution in [0.25, 0.3) is 0 Å².